The van der Waals surface area contributed by atoms with Crippen LogP contribution in [0.1, 0.15) is 18.1 Å². The maximum atomic E-state index is 9.78. The summed E-state index contributed by atoms with van der Waals surface area (Å²) in [6.45, 7) is 0. The standard InChI is InChI=1S/C10H11ClN2O/c11-4-3-9(14)8-6-13-10-7(8)2-1-5-12-10/h1-2,5-6,9,14H,3-4H2,(H,12,13)/t9-/m1/s1. The fraction of sp³-hybridized carbons (Fsp3) is 0.300. The number of nitrogens with one attached hydrogen (secondary N) is 1. The van der Waals surface area contributed by atoms with Gasteiger partial charge in [-0.3, -0.25) is 0 Å². The van der Waals surface area contributed by atoms with Gasteiger partial charge in [0.25, 0.3) is 0 Å². The molecule has 0 aromatic carbocycles. The molecule has 0 fully saturated rings. The summed E-state index contributed by atoms with van der Waals surface area (Å²) in [6, 6.07) is 3.79. The second-order valence-corrected chi connectivity index (χ2v) is 3.52. The molecule has 2 rings (SSSR count). The molecule has 2 aromatic rings. The highest BCUT2D eigenvalue weighted by atomic mass is 35.5. The van der Waals surface area contributed by atoms with Crippen LogP contribution in [0.3, 0.4) is 0 Å². The number of aliphatic hydroxyl groups excluding tert-OH is 1. The molecule has 4 heteroatoms. The zero-order valence-corrected chi connectivity index (χ0v) is 8.33. The van der Waals surface area contributed by atoms with Crippen LogP contribution in [0.4, 0.5) is 0 Å². The third-order valence-corrected chi connectivity index (χ3v) is 2.44. The molecule has 0 aliphatic heterocycles. The van der Waals surface area contributed by atoms with Crippen molar-refractivity contribution in [3.8, 4) is 0 Å². The summed E-state index contributed by atoms with van der Waals surface area (Å²) in [5.74, 6) is 0.452. The third kappa shape index (κ3) is 1.61. The fourth-order valence-electron chi connectivity index (χ4n) is 1.51. The van der Waals surface area contributed by atoms with Gasteiger partial charge in [-0.2, -0.15) is 0 Å². The van der Waals surface area contributed by atoms with Gasteiger partial charge in [-0.1, -0.05) is 0 Å². The number of aromatic amines is 1. The van der Waals surface area contributed by atoms with Gasteiger partial charge in [0.1, 0.15) is 5.65 Å². The average molecular weight is 211 g/mol. The Morgan fingerprint density at radius 3 is 3.21 bits per heavy atom. The Morgan fingerprint density at radius 2 is 2.43 bits per heavy atom. The van der Waals surface area contributed by atoms with Crippen LogP contribution in [0.15, 0.2) is 24.5 Å². The Hall–Kier alpha value is -1.06. The summed E-state index contributed by atoms with van der Waals surface area (Å²) in [4.78, 5) is 7.16. The number of H-pyrrole nitrogens is 1. The Morgan fingerprint density at radius 1 is 1.57 bits per heavy atom. The molecule has 0 aliphatic rings. The minimum absolute atomic E-state index is 0.452. The number of halogens is 1. The van der Waals surface area contributed by atoms with E-state index in [2.05, 4.69) is 9.97 Å². The summed E-state index contributed by atoms with van der Waals surface area (Å²) in [5.41, 5.74) is 1.67. The first-order valence-electron chi connectivity index (χ1n) is 4.49. The lowest BCUT2D eigenvalue weighted by Crippen LogP contribution is -1.96. The summed E-state index contributed by atoms with van der Waals surface area (Å²) >= 11 is 5.58. The molecular weight excluding hydrogens is 200 g/mol. The molecule has 3 nitrogen and oxygen atoms in total. The van der Waals surface area contributed by atoms with Crippen molar-refractivity contribution in [3.63, 3.8) is 0 Å². The van der Waals surface area contributed by atoms with Crippen molar-refractivity contribution in [2.45, 2.75) is 12.5 Å². The highest BCUT2D eigenvalue weighted by Crippen LogP contribution is 2.24. The predicted octanol–water partition coefficient (Wildman–Crippen LogP) is 2.23. The molecule has 0 amide bonds. The van der Waals surface area contributed by atoms with Crippen LogP contribution in [0.25, 0.3) is 11.0 Å². The first-order chi connectivity index (χ1) is 6.83. The Labute approximate surface area is 86.7 Å². The highest BCUT2D eigenvalue weighted by molar-refractivity contribution is 6.17. The van der Waals surface area contributed by atoms with E-state index in [-0.39, 0.29) is 0 Å². The fourth-order valence-corrected chi connectivity index (χ4v) is 1.72. The molecule has 0 aliphatic carbocycles. The first-order valence-corrected chi connectivity index (χ1v) is 5.02. The lowest BCUT2D eigenvalue weighted by molar-refractivity contribution is 0.176. The monoisotopic (exact) mass is 210 g/mol. The van der Waals surface area contributed by atoms with E-state index >= 15 is 0 Å². The van der Waals surface area contributed by atoms with E-state index in [1.54, 1.807) is 12.4 Å². The van der Waals surface area contributed by atoms with Gasteiger partial charge in [0.2, 0.25) is 0 Å². The third-order valence-electron chi connectivity index (χ3n) is 2.22. The summed E-state index contributed by atoms with van der Waals surface area (Å²) < 4.78 is 0. The molecule has 0 radical (unpaired) electrons. The van der Waals surface area contributed by atoms with Crippen LogP contribution in [0, 0.1) is 0 Å². The van der Waals surface area contributed by atoms with Crippen LogP contribution >= 0.6 is 11.6 Å². The number of pyridine rings is 1. The van der Waals surface area contributed by atoms with Crippen LogP contribution in [-0.4, -0.2) is 21.0 Å². The van der Waals surface area contributed by atoms with E-state index in [0.717, 1.165) is 16.6 Å². The molecule has 2 N–H and O–H groups in total. The number of hydrogen-bond donors (Lipinski definition) is 2. The van der Waals surface area contributed by atoms with Gasteiger partial charge in [0.05, 0.1) is 6.10 Å². The minimum atomic E-state index is -0.509. The number of alkyl halides is 1. The van der Waals surface area contributed by atoms with E-state index < -0.39 is 6.10 Å². The molecule has 1 atom stereocenters. The van der Waals surface area contributed by atoms with Crippen molar-refractivity contribution in [1.82, 2.24) is 9.97 Å². The molecule has 0 saturated carbocycles. The maximum absolute atomic E-state index is 9.78. The van der Waals surface area contributed by atoms with E-state index in [4.69, 9.17) is 11.6 Å². The molecule has 0 saturated heterocycles. The molecule has 0 unspecified atom stereocenters. The van der Waals surface area contributed by atoms with Gasteiger partial charge < -0.3 is 10.1 Å². The van der Waals surface area contributed by atoms with Crippen molar-refractivity contribution in [2.24, 2.45) is 0 Å². The zero-order chi connectivity index (χ0) is 9.97. The second-order valence-electron chi connectivity index (χ2n) is 3.14. The van der Waals surface area contributed by atoms with Gasteiger partial charge in [0, 0.05) is 29.2 Å². The summed E-state index contributed by atoms with van der Waals surface area (Å²) in [7, 11) is 0. The lowest BCUT2D eigenvalue weighted by Gasteiger charge is -2.06. The molecule has 2 heterocycles. The number of fused-ring (bicyclic) bond motifs is 1. The van der Waals surface area contributed by atoms with Crippen LogP contribution in [0.2, 0.25) is 0 Å². The van der Waals surface area contributed by atoms with E-state index in [0.29, 0.717) is 12.3 Å². The first kappa shape index (κ1) is 9.49. The van der Waals surface area contributed by atoms with Crippen molar-refractivity contribution in [2.75, 3.05) is 5.88 Å². The van der Waals surface area contributed by atoms with Crippen LogP contribution in [0.5, 0.6) is 0 Å². The minimum Gasteiger partial charge on any atom is -0.388 e. The Kier molecular flexibility index (Phi) is 2.70. The van der Waals surface area contributed by atoms with Gasteiger partial charge in [-0.15, -0.1) is 11.6 Å². The van der Waals surface area contributed by atoms with Crippen LogP contribution in [-0.2, 0) is 0 Å². The normalized spacial score (nSPS) is 13.3. The molecule has 14 heavy (non-hydrogen) atoms. The molecule has 0 spiro atoms. The average Bonchev–Trinajstić information content (AvgIpc) is 2.61. The van der Waals surface area contributed by atoms with Gasteiger partial charge >= 0.3 is 0 Å². The Bertz CT molecular complexity index is 427. The molecule has 74 valence electrons. The SMILES string of the molecule is O[C@H](CCCl)c1c[nH]c2ncccc12. The molecule has 2 aromatic heterocycles. The van der Waals surface area contributed by atoms with Crippen molar-refractivity contribution >= 4 is 22.6 Å². The second kappa shape index (κ2) is 3.98. The maximum Gasteiger partial charge on any atom is 0.137 e. The van der Waals surface area contributed by atoms with Gasteiger partial charge in [-0.05, 0) is 18.6 Å². The van der Waals surface area contributed by atoms with Gasteiger partial charge in [0.15, 0.2) is 0 Å². The summed E-state index contributed by atoms with van der Waals surface area (Å²) in [5, 5.41) is 10.7. The van der Waals surface area contributed by atoms with E-state index in [9.17, 15) is 5.11 Å². The largest absolute Gasteiger partial charge is 0.388 e. The van der Waals surface area contributed by atoms with Crippen LogP contribution < -0.4 is 0 Å². The Balaban J connectivity index is 2.42. The van der Waals surface area contributed by atoms with Crippen molar-refractivity contribution in [3.05, 3.63) is 30.1 Å². The quantitative estimate of drug-likeness (QED) is 0.764. The summed E-state index contributed by atoms with van der Waals surface area (Å²) in [6.07, 6.45) is 3.56. The molecule has 0 bridgehead atoms. The zero-order valence-electron chi connectivity index (χ0n) is 7.57. The van der Waals surface area contributed by atoms with E-state index in [1.807, 2.05) is 12.1 Å². The molecular formula is C10H11ClN2O. The number of rotatable bonds is 3. The number of nitrogens with zero attached hydrogens (tertiary/aromatic N) is 1. The number of aliphatic hydroxyl groups is 1. The highest BCUT2D eigenvalue weighted by Gasteiger charge is 2.12. The topological polar surface area (TPSA) is 48.9 Å². The predicted molar refractivity (Wildman–Crippen MR) is 56.4 cm³/mol. The van der Waals surface area contributed by atoms with Crippen molar-refractivity contribution < 1.29 is 5.11 Å². The smallest absolute Gasteiger partial charge is 0.137 e. The van der Waals surface area contributed by atoms with Crippen molar-refractivity contribution in [1.29, 1.82) is 0 Å². The van der Waals surface area contributed by atoms with Gasteiger partial charge in [-0.25, -0.2) is 4.98 Å². The van der Waals surface area contributed by atoms with E-state index in [1.165, 1.54) is 0 Å². The number of aromatic nitrogens is 2. The number of hydrogen-bond acceptors (Lipinski definition) is 2. The lowest BCUT2D eigenvalue weighted by atomic mass is 10.1.